The second-order valence-corrected chi connectivity index (χ2v) is 4.66. The van der Waals surface area contributed by atoms with Gasteiger partial charge in [-0.1, -0.05) is 18.2 Å². The molecule has 2 N–H and O–H groups in total. The van der Waals surface area contributed by atoms with Crippen molar-refractivity contribution in [2.75, 3.05) is 0 Å². The normalized spacial score (nSPS) is 24.1. The topological polar surface area (TPSA) is 56.7 Å². The minimum atomic E-state index is 0.320. The molecule has 1 aliphatic carbocycles. The number of hydrogen-bond donors (Lipinski definition) is 1. The van der Waals surface area contributed by atoms with Crippen LogP contribution in [0.15, 0.2) is 36.7 Å². The fourth-order valence-electron chi connectivity index (χ4n) is 2.56. The fraction of sp³-hybridized carbons (Fsp3) is 0.385. The highest BCUT2D eigenvalue weighted by Crippen LogP contribution is 2.33. The zero-order chi connectivity index (χ0) is 11.7. The smallest absolute Gasteiger partial charge is 0.140 e. The quantitative estimate of drug-likeness (QED) is 0.853. The molecule has 2 atom stereocenters. The molecule has 0 aliphatic heterocycles. The average molecular weight is 228 g/mol. The van der Waals surface area contributed by atoms with Crippen LogP contribution in [0.1, 0.15) is 31.0 Å². The van der Waals surface area contributed by atoms with Crippen molar-refractivity contribution in [1.29, 1.82) is 0 Å². The highest BCUT2D eigenvalue weighted by atomic mass is 15.3. The molecule has 0 amide bonds. The predicted octanol–water partition coefficient (Wildman–Crippen LogP) is 1.86. The van der Waals surface area contributed by atoms with Gasteiger partial charge in [-0.15, -0.1) is 10.2 Å². The molecular weight excluding hydrogens is 212 g/mol. The van der Waals surface area contributed by atoms with Crippen molar-refractivity contribution in [3.05, 3.63) is 42.5 Å². The van der Waals surface area contributed by atoms with Gasteiger partial charge >= 0.3 is 0 Å². The van der Waals surface area contributed by atoms with Gasteiger partial charge in [-0.05, 0) is 31.4 Å². The fourth-order valence-corrected chi connectivity index (χ4v) is 2.56. The van der Waals surface area contributed by atoms with Crippen molar-refractivity contribution in [2.45, 2.75) is 31.2 Å². The molecule has 0 saturated heterocycles. The molecule has 1 fully saturated rings. The maximum atomic E-state index is 5.96. The minimum Gasteiger partial charge on any atom is -0.328 e. The van der Waals surface area contributed by atoms with Crippen LogP contribution in [0.4, 0.5) is 0 Å². The lowest BCUT2D eigenvalue weighted by molar-refractivity contribution is 0.630. The van der Waals surface area contributed by atoms with Crippen molar-refractivity contribution in [3.8, 4) is 5.69 Å². The molecule has 0 radical (unpaired) electrons. The molecule has 0 bridgehead atoms. The summed E-state index contributed by atoms with van der Waals surface area (Å²) in [5.41, 5.74) is 7.08. The number of benzene rings is 1. The monoisotopic (exact) mass is 228 g/mol. The first-order chi connectivity index (χ1) is 8.34. The Kier molecular flexibility index (Phi) is 2.65. The van der Waals surface area contributed by atoms with E-state index in [1.807, 2.05) is 18.2 Å². The molecule has 1 aromatic heterocycles. The van der Waals surface area contributed by atoms with Gasteiger partial charge in [0.05, 0.1) is 0 Å². The number of nitrogens with two attached hydrogens (primary N) is 1. The zero-order valence-corrected chi connectivity index (χ0v) is 9.66. The van der Waals surface area contributed by atoms with E-state index in [9.17, 15) is 0 Å². The summed E-state index contributed by atoms with van der Waals surface area (Å²) < 4.78 is 2.07. The first kappa shape index (κ1) is 10.5. The summed E-state index contributed by atoms with van der Waals surface area (Å²) in [7, 11) is 0. The number of para-hydroxylation sites is 1. The highest BCUT2D eigenvalue weighted by molar-refractivity contribution is 5.32. The highest BCUT2D eigenvalue weighted by Gasteiger charge is 2.27. The summed E-state index contributed by atoms with van der Waals surface area (Å²) >= 11 is 0. The molecule has 1 aromatic carbocycles. The van der Waals surface area contributed by atoms with Gasteiger partial charge < -0.3 is 5.73 Å². The third-order valence-electron chi connectivity index (χ3n) is 3.45. The molecule has 0 spiro atoms. The van der Waals surface area contributed by atoms with Crippen LogP contribution in [0, 0.1) is 0 Å². The third kappa shape index (κ3) is 1.96. The van der Waals surface area contributed by atoms with E-state index in [-0.39, 0.29) is 0 Å². The van der Waals surface area contributed by atoms with Crippen molar-refractivity contribution in [3.63, 3.8) is 0 Å². The van der Waals surface area contributed by atoms with Gasteiger partial charge in [-0.2, -0.15) is 0 Å². The van der Waals surface area contributed by atoms with Crippen LogP contribution in [-0.4, -0.2) is 20.8 Å². The Bertz CT molecular complexity index is 491. The third-order valence-corrected chi connectivity index (χ3v) is 3.45. The Balaban J connectivity index is 1.95. The maximum Gasteiger partial charge on any atom is 0.140 e. The van der Waals surface area contributed by atoms with E-state index in [1.54, 1.807) is 6.33 Å². The van der Waals surface area contributed by atoms with Gasteiger partial charge in [-0.25, -0.2) is 0 Å². The lowest BCUT2D eigenvalue weighted by Crippen LogP contribution is -2.15. The van der Waals surface area contributed by atoms with Crippen molar-refractivity contribution in [1.82, 2.24) is 14.8 Å². The predicted molar refractivity (Wildman–Crippen MR) is 65.9 cm³/mol. The van der Waals surface area contributed by atoms with Crippen LogP contribution in [0.25, 0.3) is 5.69 Å². The van der Waals surface area contributed by atoms with Crippen LogP contribution in [0.3, 0.4) is 0 Å². The van der Waals surface area contributed by atoms with Crippen LogP contribution in [0.5, 0.6) is 0 Å². The number of aromatic nitrogens is 3. The lowest BCUT2D eigenvalue weighted by Gasteiger charge is -2.11. The number of rotatable bonds is 2. The Morgan fingerprint density at radius 2 is 2.00 bits per heavy atom. The van der Waals surface area contributed by atoms with Gasteiger partial charge in [0.1, 0.15) is 12.2 Å². The average Bonchev–Trinajstić information content (AvgIpc) is 2.98. The van der Waals surface area contributed by atoms with Gasteiger partial charge in [-0.3, -0.25) is 4.57 Å². The van der Waals surface area contributed by atoms with Crippen LogP contribution in [-0.2, 0) is 0 Å². The summed E-state index contributed by atoms with van der Waals surface area (Å²) in [4.78, 5) is 0. The number of hydrogen-bond acceptors (Lipinski definition) is 3. The largest absolute Gasteiger partial charge is 0.328 e. The molecular formula is C13H16N4. The minimum absolute atomic E-state index is 0.320. The Morgan fingerprint density at radius 1 is 1.18 bits per heavy atom. The lowest BCUT2D eigenvalue weighted by atomic mass is 10.1. The van der Waals surface area contributed by atoms with E-state index in [4.69, 9.17) is 5.73 Å². The SMILES string of the molecule is NC1CCC(c2nncn2-c2ccccc2)C1. The Morgan fingerprint density at radius 3 is 2.71 bits per heavy atom. The molecule has 17 heavy (non-hydrogen) atoms. The van der Waals surface area contributed by atoms with Gasteiger partial charge in [0.2, 0.25) is 0 Å². The van der Waals surface area contributed by atoms with Crippen LogP contribution in [0.2, 0.25) is 0 Å². The second kappa shape index (κ2) is 4.30. The maximum absolute atomic E-state index is 5.96. The molecule has 1 aliphatic rings. The first-order valence-electron chi connectivity index (χ1n) is 6.05. The van der Waals surface area contributed by atoms with Gasteiger partial charge in [0, 0.05) is 17.6 Å². The van der Waals surface area contributed by atoms with E-state index in [2.05, 4.69) is 26.9 Å². The zero-order valence-electron chi connectivity index (χ0n) is 9.66. The number of nitrogens with zero attached hydrogens (tertiary/aromatic N) is 3. The molecule has 1 heterocycles. The van der Waals surface area contributed by atoms with E-state index in [0.29, 0.717) is 12.0 Å². The summed E-state index contributed by atoms with van der Waals surface area (Å²) in [5, 5.41) is 8.31. The van der Waals surface area contributed by atoms with Crippen molar-refractivity contribution in [2.24, 2.45) is 5.73 Å². The summed E-state index contributed by atoms with van der Waals surface area (Å²) in [6.45, 7) is 0. The van der Waals surface area contributed by atoms with E-state index >= 15 is 0 Å². The Labute approximate surface area is 100 Å². The summed E-state index contributed by atoms with van der Waals surface area (Å²) in [6, 6.07) is 10.5. The standard InChI is InChI=1S/C13H16N4/c14-11-7-6-10(8-11)13-16-15-9-17(13)12-4-2-1-3-5-12/h1-5,9-11H,6-8,14H2. The van der Waals surface area contributed by atoms with E-state index in [1.165, 1.54) is 0 Å². The molecule has 4 heteroatoms. The molecule has 4 nitrogen and oxygen atoms in total. The first-order valence-corrected chi connectivity index (χ1v) is 6.05. The molecule has 2 unspecified atom stereocenters. The molecule has 2 aromatic rings. The van der Waals surface area contributed by atoms with E-state index in [0.717, 1.165) is 30.8 Å². The van der Waals surface area contributed by atoms with Crippen LogP contribution < -0.4 is 5.73 Å². The molecule has 1 saturated carbocycles. The summed E-state index contributed by atoms with van der Waals surface area (Å²) in [6.07, 6.45) is 5.01. The molecule has 88 valence electrons. The van der Waals surface area contributed by atoms with Gasteiger partial charge in [0.15, 0.2) is 0 Å². The van der Waals surface area contributed by atoms with E-state index < -0.39 is 0 Å². The Hall–Kier alpha value is -1.68. The van der Waals surface area contributed by atoms with Crippen molar-refractivity contribution < 1.29 is 0 Å². The molecule has 3 rings (SSSR count). The van der Waals surface area contributed by atoms with Crippen LogP contribution >= 0.6 is 0 Å². The van der Waals surface area contributed by atoms with Crippen molar-refractivity contribution >= 4 is 0 Å². The summed E-state index contributed by atoms with van der Waals surface area (Å²) in [5.74, 6) is 1.50. The van der Waals surface area contributed by atoms with Gasteiger partial charge in [0.25, 0.3) is 0 Å². The second-order valence-electron chi connectivity index (χ2n) is 4.66.